The molecule has 0 spiro atoms. The fourth-order valence-corrected chi connectivity index (χ4v) is 4.09. The van der Waals surface area contributed by atoms with Crippen molar-refractivity contribution in [3.8, 4) is 5.75 Å². The topological polar surface area (TPSA) is 77.1 Å². The van der Waals surface area contributed by atoms with E-state index in [1.165, 1.54) is 11.1 Å². The number of imidazole rings is 1. The average Bonchev–Trinajstić information content (AvgIpc) is 3.08. The number of fused-ring (bicyclic) bond motifs is 1. The average molecular weight is 440 g/mol. The number of aromatic amines is 1. The summed E-state index contributed by atoms with van der Waals surface area (Å²) in [6.07, 6.45) is 3.42. The van der Waals surface area contributed by atoms with E-state index in [0.29, 0.717) is 17.5 Å². The zero-order valence-electron chi connectivity index (χ0n) is 19.7. The fraction of sp³-hybridized carbons (Fsp3) is 0.455. The zero-order valence-corrected chi connectivity index (χ0v) is 21.6. The van der Waals surface area contributed by atoms with Crippen LogP contribution in [0.3, 0.4) is 0 Å². The van der Waals surface area contributed by atoms with Crippen molar-refractivity contribution >= 4 is 21.8 Å². The number of benzene rings is 1. The SMILES string of the molecule is CCCCOC(C)Oc1ccnc(CS(=O)c2nc3cc(C)c(C)cc3[nH]2)c1C.[H-].[Na+]. The maximum Gasteiger partial charge on any atom is 1.00 e. The molecule has 6 nitrogen and oxygen atoms in total. The standard InChI is InChI=1S/C22H29N3O3S.Na.H/c1-6-7-10-27-17(5)28-21-8-9-23-20(16(21)4)13-29(26)22-24-18-11-14(2)15(3)12-19(18)25-22;;/h8-9,11-12,17H,6-7,10,13H2,1-5H3,(H,24,25);;/q;+1;-1. The smallest absolute Gasteiger partial charge is 1.00 e. The van der Waals surface area contributed by atoms with Gasteiger partial charge in [0.2, 0.25) is 0 Å². The molecule has 0 saturated carbocycles. The second kappa shape index (κ2) is 11.4. The van der Waals surface area contributed by atoms with Crippen LogP contribution < -0.4 is 34.3 Å². The van der Waals surface area contributed by atoms with E-state index in [4.69, 9.17) is 9.47 Å². The molecule has 1 N–H and O–H groups in total. The maximum atomic E-state index is 12.9. The number of ether oxygens (including phenoxy) is 2. The number of hydrogen-bond donors (Lipinski definition) is 1. The van der Waals surface area contributed by atoms with E-state index in [0.717, 1.165) is 35.1 Å². The molecule has 0 aliphatic heterocycles. The molecule has 3 rings (SSSR count). The number of aromatic nitrogens is 3. The molecule has 0 saturated heterocycles. The molecule has 8 heteroatoms. The van der Waals surface area contributed by atoms with Crippen molar-refractivity contribution in [3.05, 3.63) is 46.8 Å². The van der Waals surface area contributed by atoms with Gasteiger partial charge in [0, 0.05) is 11.8 Å². The second-order valence-electron chi connectivity index (χ2n) is 7.28. The normalized spacial score (nSPS) is 13.1. The summed E-state index contributed by atoms with van der Waals surface area (Å²) >= 11 is 0. The Labute approximate surface area is 204 Å². The predicted octanol–water partition coefficient (Wildman–Crippen LogP) is 1.85. The number of aryl methyl sites for hydroxylation is 2. The molecule has 0 amide bonds. The van der Waals surface area contributed by atoms with Crippen molar-refractivity contribution in [3.63, 3.8) is 0 Å². The summed E-state index contributed by atoms with van der Waals surface area (Å²) in [6.45, 7) is 10.7. The minimum Gasteiger partial charge on any atom is -1.00 e. The third-order valence-corrected chi connectivity index (χ3v) is 6.12. The quantitative estimate of drug-likeness (QED) is 0.313. The van der Waals surface area contributed by atoms with Crippen molar-refractivity contribution in [2.45, 2.75) is 64.7 Å². The molecule has 0 radical (unpaired) electrons. The molecular weight excluding hydrogens is 409 g/mol. The molecule has 1 aromatic carbocycles. The van der Waals surface area contributed by atoms with Gasteiger partial charge in [0.05, 0.1) is 39.9 Å². The molecule has 2 unspecified atom stereocenters. The summed E-state index contributed by atoms with van der Waals surface area (Å²) in [5, 5.41) is 0.466. The van der Waals surface area contributed by atoms with E-state index in [2.05, 4.69) is 28.8 Å². The number of nitrogens with one attached hydrogen (secondary N) is 1. The first kappa shape index (κ1) is 25.0. The fourth-order valence-electron chi connectivity index (χ4n) is 2.99. The Balaban J connectivity index is 0.00000240. The van der Waals surface area contributed by atoms with Gasteiger partial charge in [0.1, 0.15) is 5.75 Å². The molecule has 158 valence electrons. The van der Waals surface area contributed by atoms with Crippen LogP contribution in [0.1, 0.15) is 50.5 Å². The minimum atomic E-state index is -1.33. The summed E-state index contributed by atoms with van der Waals surface area (Å²) in [7, 11) is -1.33. The van der Waals surface area contributed by atoms with Crippen molar-refractivity contribution in [1.29, 1.82) is 0 Å². The van der Waals surface area contributed by atoms with Gasteiger partial charge >= 0.3 is 29.6 Å². The van der Waals surface area contributed by atoms with E-state index in [-0.39, 0.29) is 43.0 Å². The molecule has 2 aromatic heterocycles. The van der Waals surface area contributed by atoms with Crippen LogP contribution in [0.25, 0.3) is 11.0 Å². The van der Waals surface area contributed by atoms with Crippen molar-refractivity contribution in [2.75, 3.05) is 6.61 Å². The molecule has 2 atom stereocenters. The van der Waals surface area contributed by atoms with Crippen molar-refractivity contribution < 1.29 is 44.7 Å². The van der Waals surface area contributed by atoms with Crippen LogP contribution in [-0.4, -0.2) is 32.1 Å². The van der Waals surface area contributed by atoms with Crippen LogP contribution in [0.2, 0.25) is 0 Å². The largest absolute Gasteiger partial charge is 1.00 e. The van der Waals surface area contributed by atoms with Gasteiger partial charge in [-0.05, 0) is 63.4 Å². The van der Waals surface area contributed by atoms with Gasteiger partial charge in [-0.25, -0.2) is 4.98 Å². The van der Waals surface area contributed by atoms with Gasteiger partial charge in [0.15, 0.2) is 11.4 Å². The van der Waals surface area contributed by atoms with Crippen LogP contribution in [-0.2, 0) is 21.3 Å². The van der Waals surface area contributed by atoms with E-state index in [1.807, 2.05) is 39.0 Å². The third-order valence-electron chi connectivity index (χ3n) is 4.96. The van der Waals surface area contributed by atoms with Gasteiger partial charge in [0.25, 0.3) is 0 Å². The van der Waals surface area contributed by atoms with Crippen LogP contribution in [0, 0.1) is 20.8 Å². The van der Waals surface area contributed by atoms with Gasteiger partial charge in [-0.2, -0.15) is 0 Å². The first-order valence-corrected chi connectivity index (χ1v) is 11.3. The number of unbranched alkanes of at least 4 members (excludes halogenated alkanes) is 1. The Morgan fingerprint density at radius 3 is 2.70 bits per heavy atom. The monoisotopic (exact) mass is 439 g/mol. The van der Waals surface area contributed by atoms with Crippen molar-refractivity contribution in [2.24, 2.45) is 0 Å². The number of pyridine rings is 1. The summed E-state index contributed by atoms with van der Waals surface area (Å²) in [4.78, 5) is 12.1. The number of nitrogens with zero attached hydrogens (tertiary/aromatic N) is 2. The summed E-state index contributed by atoms with van der Waals surface area (Å²) in [5.74, 6) is 0.971. The van der Waals surface area contributed by atoms with Gasteiger partial charge in [-0.3, -0.25) is 9.19 Å². The first-order chi connectivity index (χ1) is 13.9. The summed E-state index contributed by atoms with van der Waals surface area (Å²) in [6, 6.07) is 5.87. The molecule has 2 heterocycles. The van der Waals surface area contributed by atoms with Crippen LogP contribution in [0.5, 0.6) is 5.75 Å². The van der Waals surface area contributed by atoms with Crippen LogP contribution >= 0.6 is 0 Å². The summed E-state index contributed by atoms with van der Waals surface area (Å²) < 4.78 is 24.5. The molecular formula is C22H30N3NaO3S. The van der Waals surface area contributed by atoms with E-state index in [9.17, 15) is 4.21 Å². The van der Waals surface area contributed by atoms with Crippen LogP contribution in [0.4, 0.5) is 0 Å². The molecule has 0 aliphatic carbocycles. The molecule has 0 aliphatic rings. The Morgan fingerprint density at radius 1 is 1.23 bits per heavy atom. The number of hydrogen-bond acceptors (Lipinski definition) is 5. The van der Waals surface area contributed by atoms with E-state index in [1.54, 1.807) is 6.20 Å². The Bertz CT molecular complexity index is 990. The van der Waals surface area contributed by atoms with Gasteiger partial charge in [-0.1, -0.05) is 13.3 Å². The number of rotatable bonds is 9. The van der Waals surface area contributed by atoms with E-state index >= 15 is 0 Å². The Kier molecular flexibility index (Phi) is 9.50. The Morgan fingerprint density at radius 2 is 1.97 bits per heavy atom. The minimum absolute atomic E-state index is 0. The maximum absolute atomic E-state index is 12.9. The summed E-state index contributed by atoms with van der Waals surface area (Å²) in [5.41, 5.74) is 5.67. The molecule has 30 heavy (non-hydrogen) atoms. The van der Waals surface area contributed by atoms with Crippen molar-refractivity contribution in [1.82, 2.24) is 15.0 Å². The van der Waals surface area contributed by atoms with Gasteiger partial charge in [-0.15, -0.1) is 0 Å². The molecule has 0 bridgehead atoms. The zero-order chi connectivity index (χ0) is 21.0. The molecule has 0 fully saturated rings. The molecule has 3 aromatic rings. The first-order valence-electron chi connectivity index (χ1n) is 9.97. The van der Waals surface area contributed by atoms with Crippen LogP contribution in [0.15, 0.2) is 29.6 Å². The second-order valence-corrected chi connectivity index (χ2v) is 8.64. The van der Waals surface area contributed by atoms with Gasteiger partial charge < -0.3 is 15.9 Å². The predicted molar refractivity (Wildman–Crippen MR) is 117 cm³/mol. The Hall–Kier alpha value is -1.25. The number of H-pyrrole nitrogens is 1. The van der Waals surface area contributed by atoms with E-state index < -0.39 is 10.8 Å². The third kappa shape index (κ3) is 6.14.